The molecule has 0 amide bonds. The zero-order valence-corrected chi connectivity index (χ0v) is 20.6. The molecule has 156 valence electrons. The monoisotopic (exact) mass is 536 g/mol. The van der Waals surface area contributed by atoms with Crippen LogP contribution in [-0.4, -0.2) is 27.5 Å². The minimum absolute atomic E-state index is 0. The van der Waals surface area contributed by atoms with Gasteiger partial charge >= 0.3 is 0 Å². The minimum Gasteiger partial charge on any atom is -0.352 e. The van der Waals surface area contributed by atoms with Crippen molar-refractivity contribution in [3.05, 3.63) is 57.3 Å². The van der Waals surface area contributed by atoms with Gasteiger partial charge in [0.25, 0.3) is 0 Å². The van der Waals surface area contributed by atoms with Gasteiger partial charge in [-0.2, -0.15) is 0 Å². The molecule has 0 radical (unpaired) electrons. The topological polar surface area (TPSA) is 82.6 Å². The minimum atomic E-state index is -3.30. The van der Waals surface area contributed by atoms with Crippen molar-refractivity contribution in [3.8, 4) is 0 Å². The summed E-state index contributed by atoms with van der Waals surface area (Å²) in [4.78, 5) is 5.53. The highest BCUT2D eigenvalue weighted by atomic mass is 127. The Balaban J connectivity index is 0.00000392. The van der Waals surface area contributed by atoms with Crippen LogP contribution in [0.1, 0.15) is 35.4 Å². The number of halogens is 1. The molecule has 1 heterocycles. The molecular weight excluding hydrogens is 507 g/mol. The smallest absolute Gasteiger partial charge is 0.216 e. The molecule has 2 aromatic rings. The molecule has 0 unspecified atom stereocenters. The summed E-state index contributed by atoms with van der Waals surface area (Å²) >= 11 is 1.73. The Morgan fingerprint density at radius 1 is 1.07 bits per heavy atom. The lowest BCUT2D eigenvalue weighted by Gasteiger charge is -2.12. The second-order valence-corrected chi connectivity index (χ2v) is 9.41. The molecule has 0 fully saturated rings. The molecule has 3 N–H and O–H groups in total. The maximum absolute atomic E-state index is 12.0. The fraction of sp³-hybridized carbons (Fsp3) is 0.421. The van der Waals surface area contributed by atoms with Gasteiger partial charge in [0.05, 0.1) is 12.3 Å². The summed E-state index contributed by atoms with van der Waals surface area (Å²) in [7, 11) is -1.56. The second-order valence-electron chi connectivity index (χ2n) is 6.65. The van der Waals surface area contributed by atoms with Crippen LogP contribution in [0.2, 0.25) is 0 Å². The fourth-order valence-electron chi connectivity index (χ4n) is 2.53. The second kappa shape index (κ2) is 11.7. The number of guanidine groups is 1. The van der Waals surface area contributed by atoms with E-state index in [2.05, 4.69) is 38.7 Å². The van der Waals surface area contributed by atoms with Crippen molar-refractivity contribution in [2.24, 2.45) is 4.99 Å². The Labute approximate surface area is 189 Å². The molecule has 2 rings (SSSR count). The highest BCUT2D eigenvalue weighted by Crippen LogP contribution is 2.14. The van der Waals surface area contributed by atoms with E-state index in [1.165, 1.54) is 10.4 Å². The zero-order chi connectivity index (χ0) is 19.9. The summed E-state index contributed by atoms with van der Waals surface area (Å²) in [6.07, 6.45) is 0. The summed E-state index contributed by atoms with van der Waals surface area (Å²) in [5.74, 6) is 0.720. The third kappa shape index (κ3) is 8.46. The fourth-order valence-corrected chi connectivity index (χ4v) is 4.81. The molecule has 9 heteroatoms. The molecule has 6 nitrogen and oxygen atoms in total. The largest absolute Gasteiger partial charge is 0.352 e. The van der Waals surface area contributed by atoms with Crippen molar-refractivity contribution >= 4 is 51.3 Å². The maximum Gasteiger partial charge on any atom is 0.216 e. The van der Waals surface area contributed by atoms with Crippen molar-refractivity contribution in [2.75, 3.05) is 7.05 Å². The van der Waals surface area contributed by atoms with Gasteiger partial charge < -0.3 is 10.6 Å². The Morgan fingerprint density at radius 2 is 1.68 bits per heavy atom. The van der Waals surface area contributed by atoms with Gasteiger partial charge in [-0.05, 0) is 48.9 Å². The van der Waals surface area contributed by atoms with E-state index in [0.717, 1.165) is 23.6 Å². The highest BCUT2D eigenvalue weighted by molar-refractivity contribution is 14.0. The molecule has 0 saturated carbocycles. The molecule has 0 saturated heterocycles. The number of nitrogens with zero attached hydrogens (tertiary/aromatic N) is 1. The first kappa shape index (κ1) is 24.9. The highest BCUT2D eigenvalue weighted by Gasteiger charge is 2.12. The first-order valence-electron chi connectivity index (χ1n) is 8.84. The molecule has 0 spiro atoms. The van der Waals surface area contributed by atoms with Crippen LogP contribution in [0, 0.1) is 6.92 Å². The van der Waals surface area contributed by atoms with Crippen molar-refractivity contribution in [1.82, 2.24) is 15.4 Å². The van der Waals surface area contributed by atoms with E-state index < -0.39 is 10.0 Å². The summed E-state index contributed by atoms with van der Waals surface area (Å²) in [5.41, 5.74) is 3.10. The lowest BCUT2D eigenvalue weighted by atomic mass is 10.1. The Kier molecular flexibility index (Phi) is 10.4. The van der Waals surface area contributed by atoms with Crippen LogP contribution in [-0.2, 0) is 28.9 Å². The van der Waals surface area contributed by atoms with Gasteiger partial charge in [0.2, 0.25) is 10.0 Å². The first-order valence-corrected chi connectivity index (χ1v) is 11.4. The number of thiophene rings is 1. The molecule has 0 aliphatic rings. The van der Waals surface area contributed by atoms with Crippen LogP contribution in [0.5, 0.6) is 0 Å². The van der Waals surface area contributed by atoms with E-state index in [9.17, 15) is 8.42 Å². The number of hydrogen-bond donors (Lipinski definition) is 3. The van der Waals surface area contributed by atoms with Gasteiger partial charge in [0.15, 0.2) is 5.96 Å². The number of rotatable bonds is 8. The summed E-state index contributed by atoms with van der Waals surface area (Å²) < 4.78 is 26.6. The third-order valence-electron chi connectivity index (χ3n) is 3.86. The molecule has 1 aromatic carbocycles. The summed E-state index contributed by atoms with van der Waals surface area (Å²) in [6.45, 7) is 7.07. The van der Waals surface area contributed by atoms with Crippen molar-refractivity contribution < 1.29 is 8.42 Å². The van der Waals surface area contributed by atoms with Gasteiger partial charge in [-0.3, -0.25) is 4.99 Å². The third-order valence-corrected chi connectivity index (χ3v) is 6.43. The molecule has 1 aromatic heterocycles. The molecular formula is C19H29IN4O2S2. The maximum atomic E-state index is 12.0. The number of hydrogen-bond acceptors (Lipinski definition) is 4. The van der Waals surface area contributed by atoms with Crippen LogP contribution in [0.15, 0.2) is 40.7 Å². The van der Waals surface area contributed by atoms with E-state index in [-0.39, 0.29) is 35.8 Å². The van der Waals surface area contributed by atoms with Crippen LogP contribution >= 0.6 is 35.3 Å². The average molecular weight is 537 g/mol. The standard InChI is InChI=1S/C19H28N4O2S2.HI/c1-14(2)23-27(24,25)13-17-7-5-16(6-8-17)11-21-19(20-4)22-12-18-15(3)9-10-26-18;/h5-10,14,23H,11-13H2,1-4H3,(H2,20,21,22);1H. The van der Waals surface area contributed by atoms with E-state index in [4.69, 9.17) is 0 Å². The molecule has 28 heavy (non-hydrogen) atoms. The van der Waals surface area contributed by atoms with E-state index >= 15 is 0 Å². The quantitative estimate of drug-likeness (QED) is 0.275. The Hall–Kier alpha value is -1.17. The normalized spacial score (nSPS) is 12.0. The summed E-state index contributed by atoms with van der Waals surface area (Å²) in [5, 5.41) is 8.66. The predicted molar refractivity (Wildman–Crippen MR) is 129 cm³/mol. The van der Waals surface area contributed by atoms with Gasteiger partial charge in [-0.15, -0.1) is 35.3 Å². The van der Waals surface area contributed by atoms with Crippen molar-refractivity contribution in [2.45, 2.75) is 45.7 Å². The van der Waals surface area contributed by atoms with Crippen LogP contribution < -0.4 is 15.4 Å². The first-order chi connectivity index (χ1) is 12.8. The molecule has 0 aliphatic heterocycles. The van der Waals surface area contributed by atoms with Gasteiger partial charge in [0, 0.05) is 24.5 Å². The van der Waals surface area contributed by atoms with E-state index in [0.29, 0.717) is 6.54 Å². The van der Waals surface area contributed by atoms with Crippen LogP contribution in [0.25, 0.3) is 0 Å². The van der Waals surface area contributed by atoms with Gasteiger partial charge in [-0.25, -0.2) is 13.1 Å². The predicted octanol–water partition coefficient (Wildman–Crippen LogP) is 3.37. The van der Waals surface area contributed by atoms with Crippen molar-refractivity contribution in [3.63, 3.8) is 0 Å². The Bertz CT molecular complexity index is 862. The molecule has 0 atom stereocenters. The average Bonchev–Trinajstić information content (AvgIpc) is 3.00. The van der Waals surface area contributed by atoms with E-state index in [1.54, 1.807) is 18.4 Å². The van der Waals surface area contributed by atoms with Crippen LogP contribution in [0.4, 0.5) is 0 Å². The van der Waals surface area contributed by atoms with Gasteiger partial charge in [-0.1, -0.05) is 24.3 Å². The number of nitrogens with one attached hydrogen (secondary N) is 3. The Morgan fingerprint density at radius 3 is 2.21 bits per heavy atom. The van der Waals surface area contributed by atoms with Crippen LogP contribution in [0.3, 0.4) is 0 Å². The number of benzene rings is 1. The SMILES string of the molecule is CN=C(NCc1ccc(CS(=O)(=O)NC(C)C)cc1)NCc1sccc1C.I. The van der Waals surface area contributed by atoms with Gasteiger partial charge in [0.1, 0.15) is 0 Å². The zero-order valence-electron chi connectivity index (χ0n) is 16.7. The number of aliphatic imine (C=N–C) groups is 1. The van der Waals surface area contributed by atoms with E-state index in [1.807, 2.05) is 38.1 Å². The molecule has 0 aliphatic carbocycles. The lowest BCUT2D eigenvalue weighted by Crippen LogP contribution is -2.36. The number of sulfonamides is 1. The molecule has 0 bridgehead atoms. The lowest BCUT2D eigenvalue weighted by molar-refractivity contribution is 0.569. The summed E-state index contributed by atoms with van der Waals surface area (Å²) in [6, 6.07) is 9.57. The van der Waals surface area contributed by atoms with Crippen molar-refractivity contribution in [1.29, 1.82) is 0 Å². The number of aryl methyl sites for hydroxylation is 1.